The van der Waals surface area contributed by atoms with Crippen molar-refractivity contribution in [1.82, 2.24) is 0 Å². The van der Waals surface area contributed by atoms with E-state index in [1.54, 1.807) is 0 Å². The van der Waals surface area contributed by atoms with E-state index < -0.39 is 0 Å². The lowest BCUT2D eigenvalue weighted by atomic mass is 10.1. The summed E-state index contributed by atoms with van der Waals surface area (Å²) in [6.45, 7) is 6.87. The molecule has 0 radical (unpaired) electrons. The van der Waals surface area contributed by atoms with E-state index in [1.807, 2.05) is 49.5 Å². The lowest BCUT2D eigenvalue weighted by molar-refractivity contribution is 0.340. The fourth-order valence-corrected chi connectivity index (χ4v) is 1.84. The van der Waals surface area contributed by atoms with Crippen molar-refractivity contribution in [3.8, 4) is 5.75 Å². The molecule has 0 saturated heterocycles. The van der Waals surface area contributed by atoms with E-state index in [0.29, 0.717) is 6.61 Å². The van der Waals surface area contributed by atoms with Crippen LogP contribution in [0.5, 0.6) is 5.75 Å². The zero-order valence-corrected chi connectivity index (χ0v) is 11.7. The third-order valence-corrected chi connectivity index (χ3v) is 3.12. The maximum absolute atomic E-state index is 5.41. The first kappa shape index (κ1) is 13.3. The molecule has 2 nitrogen and oxygen atoms in total. The van der Waals surface area contributed by atoms with E-state index in [2.05, 4.69) is 24.9 Å². The minimum absolute atomic E-state index is 0.690. The lowest BCUT2D eigenvalue weighted by Crippen LogP contribution is -1.91. The maximum atomic E-state index is 5.41. The molecule has 2 aromatic rings. The van der Waals surface area contributed by atoms with E-state index in [9.17, 15) is 0 Å². The quantitative estimate of drug-likeness (QED) is 0.737. The van der Waals surface area contributed by atoms with Crippen molar-refractivity contribution in [2.24, 2.45) is 4.99 Å². The van der Waals surface area contributed by atoms with E-state index in [1.165, 1.54) is 11.1 Å². The fraction of sp³-hybridized carbons (Fsp3) is 0.235. The van der Waals surface area contributed by atoms with Crippen LogP contribution in [0.4, 0.5) is 5.69 Å². The normalized spacial score (nSPS) is 10.9. The van der Waals surface area contributed by atoms with Crippen molar-refractivity contribution >= 4 is 11.9 Å². The van der Waals surface area contributed by atoms with Gasteiger partial charge in [-0.2, -0.15) is 0 Å². The molecule has 0 unspecified atom stereocenters. The molecule has 2 aromatic carbocycles. The first-order valence-corrected chi connectivity index (χ1v) is 6.54. The van der Waals surface area contributed by atoms with Crippen LogP contribution in [-0.2, 0) is 0 Å². The average Bonchev–Trinajstić information content (AvgIpc) is 2.42. The summed E-state index contributed by atoms with van der Waals surface area (Å²) in [7, 11) is 0. The number of rotatable bonds is 4. The minimum Gasteiger partial charge on any atom is -0.494 e. The number of aryl methyl sites for hydroxylation is 1. The van der Waals surface area contributed by atoms with Crippen molar-refractivity contribution in [1.29, 1.82) is 0 Å². The number of nitrogens with zero attached hydrogens (tertiary/aromatic N) is 1. The molecule has 19 heavy (non-hydrogen) atoms. The van der Waals surface area contributed by atoms with Crippen LogP contribution < -0.4 is 4.74 Å². The zero-order chi connectivity index (χ0) is 13.7. The van der Waals surface area contributed by atoms with Gasteiger partial charge in [-0.15, -0.1) is 0 Å². The summed E-state index contributed by atoms with van der Waals surface area (Å²) in [4.78, 5) is 4.55. The monoisotopic (exact) mass is 253 g/mol. The van der Waals surface area contributed by atoms with Gasteiger partial charge >= 0.3 is 0 Å². The van der Waals surface area contributed by atoms with Crippen LogP contribution in [0.1, 0.15) is 23.6 Å². The van der Waals surface area contributed by atoms with Crippen LogP contribution in [0.15, 0.2) is 47.5 Å². The molecular formula is C17H19NO. The van der Waals surface area contributed by atoms with Gasteiger partial charge in [0.15, 0.2) is 0 Å². The second-order valence-electron chi connectivity index (χ2n) is 4.48. The molecule has 0 aliphatic rings. The molecule has 0 bridgehead atoms. The molecule has 2 rings (SSSR count). The van der Waals surface area contributed by atoms with Crippen LogP contribution >= 0.6 is 0 Å². The molecule has 0 aliphatic carbocycles. The van der Waals surface area contributed by atoms with Gasteiger partial charge in [-0.25, -0.2) is 0 Å². The maximum Gasteiger partial charge on any atom is 0.119 e. The van der Waals surface area contributed by atoms with Gasteiger partial charge in [-0.1, -0.05) is 12.1 Å². The zero-order valence-electron chi connectivity index (χ0n) is 11.7. The summed E-state index contributed by atoms with van der Waals surface area (Å²) in [5, 5.41) is 0. The Kier molecular flexibility index (Phi) is 4.35. The Bertz CT molecular complexity index is 570. The van der Waals surface area contributed by atoms with E-state index in [4.69, 9.17) is 4.74 Å². The Morgan fingerprint density at radius 1 is 1.05 bits per heavy atom. The Hall–Kier alpha value is -2.09. The molecule has 98 valence electrons. The highest BCUT2D eigenvalue weighted by Gasteiger charge is 1.98. The van der Waals surface area contributed by atoms with Crippen molar-refractivity contribution < 1.29 is 4.74 Å². The van der Waals surface area contributed by atoms with Crippen LogP contribution in [-0.4, -0.2) is 12.8 Å². The molecule has 0 spiro atoms. The predicted molar refractivity (Wildman–Crippen MR) is 80.8 cm³/mol. The smallest absolute Gasteiger partial charge is 0.119 e. The summed E-state index contributed by atoms with van der Waals surface area (Å²) in [6.07, 6.45) is 1.89. The van der Waals surface area contributed by atoms with Crippen molar-refractivity contribution in [2.75, 3.05) is 6.61 Å². The number of aliphatic imine (C=N–C) groups is 1. The van der Waals surface area contributed by atoms with E-state index in [-0.39, 0.29) is 0 Å². The van der Waals surface area contributed by atoms with Gasteiger partial charge in [0.05, 0.1) is 12.3 Å². The van der Waals surface area contributed by atoms with E-state index >= 15 is 0 Å². The third-order valence-electron chi connectivity index (χ3n) is 3.12. The highest BCUT2D eigenvalue weighted by atomic mass is 16.5. The topological polar surface area (TPSA) is 21.6 Å². The SMILES string of the molecule is CCOc1ccc(C=Nc2cccc(C)c2C)cc1. The first-order chi connectivity index (χ1) is 9.20. The molecule has 0 atom stereocenters. The minimum atomic E-state index is 0.690. The van der Waals surface area contributed by atoms with Crippen LogP contribution in [0.2, 0.25) is 0 Å². The van der Waals surface area contributed by atoms with Gasteiger partial charge in [0.2, 0.25) is 0 Å². The van der Waals surface area contributed by atoms with Crippen molar-refractivity contribution in [3.63, 3.8) is 0 Å². The Balaban J connectivity index is 2.16. The highest BCUT2D eigenvalue weighted by Crippen LogP contribution is 2.21. The Labute approximate surface area is 114 Å². The van der Waals surface area contributed by atoms with Crippen LogP contribution in [0.3, 0.4) is 0 Å². The van der Waals surface area contributed by atoms with Crippen LogP contribution in [0, 0.1) is 13.8 Å². The average molecular weight is 253 g/mol. The number of hydrogen-bond acceptors (Lipinski definition) is 2. The molecule has 0 fully saturated rings. The van der Waals surface area contributed by atoms with Gasteiger partial charge in [-0.05, 0) is 67.8 Å². The third kappa shape index (κ3) is 3.44. The summed E-state index contributed by atoms with van der Waals surface area (Å²) >= 11 is 0. The fourth-order valence-electron chi connectivity index (χ4n) is 1.84. The molecule has 0 saturated carbocycles. The second kappa shape index (κ2) is 6.19. The first-order valence-electron chi connectivity index (χ1n) is 6.54. The van der Waals surface area contributed by atoms with Gasteiger partial charge in [0.25, 0.3) is 0 Å². The molecule has 2 heteroatoms. The Morgan fingerprint density at radius 2 is 1.79 bits per heavy atom. The highest BCUT2D eigenvalue weighted by molar-refractivity contribution is 5.82. The summed E-state index contributed by atoms with van der Waals surface area (Å²) in [5.41, 5.74) is 4.59. The summed E-state index contributed by atoms with van der Waals surface area (Å²) in [5.74, 6) is 0.895. The van der Waals surface area contributed by atoms with Gasteiger partial charge in [0, 0.05) is 6.21 Å². The standard InChI is InChI=1S/C17H19NO/c1-4-19-16-10-8-15(9-11-16)12-18-17-7-5-6-13(2)14(17)3/h5-12H,4H2,1-3H3. The van der Waals surface area contributed by atoms with Crippen LogP contribution in [0.25, 0.3) is 0 Å². The largest absolute Gasteiger partial charge is 0.494 e. The predicted octanol–water partition coefficient (Wildman–Crippen LogP) is 4.45. The molecule has 0 aromatic heterocycles. The van der Waals surface area contributed by atoms with Gasteiger partial charge in [0.1, 0.15) is 5.75 Å². The van der Waals surface area contributed by atoms with Crippen molar-refractivity contribution in [2.45, 2.75) is 20.8 Å². The summed E-state index contributed by atoms with van der Waals surface area (Å²) in [6, 6.07) is 14.1. The molecule has 0 aliphatic heterocycles. The molecular weight excluding hydrogens is 234 g/mol. The van der Waals surface area contributed by atoms with E-state index in [0.717, 1.165) is 17.0 Å². The number of benzene rings is 2. The lowest BCUT2D eigenvalue weighted by Gasteiger charge is -2.04. The number of hydrogen-bond donors (Lipinski definition) is 0. The van der Waals surface area contributed by atoms with Crippen molar-refractivity contribution in [3.05, 3.63) is 59.2 Å². The summed E-state index contributed by atoms with van der Waals surface area (Å²) < 4.78 is 5.41. The van der Waals surface area contributed by atoms with Gasteiger partial charge < -0.3 is 4.74 Å². The van der Waals surface area contributed by atoms with Gasteiger partial charge in [-0.3, -0.25) is 4.99 Å². The Morgan fingerprint density at radius 3 is 2.47 bits per heavy atom. The molecule has 0 amide bonds. The molecule has 0 heterocycles. The molecule has 0 N–H and O–H groups in total. The second-order valence-corrected chi connectivity index (χ2v) is 4.48. The number of ether oxygens (including phenoxy) is 1.